The molecule has 68 valence electrons. The summed E-state index contributed by atoms with van der Waals surface area (Å²) in [6, 6.07) is 0.629. The molecule has 2 unspecified atom stereocenters. The zero-order valence-electron chi connectivity index (χ0n) is 7.55. The molecule has 0 radical (unpaired) electrons. The van der Waals surface area contributed by atoms with Gasteiger partial charge in [-0.05, 0) is 25.2 Å². The van der Waals surface area contributed by atoms with Crippen molar-refractivity contribution in [2.24, 2.45) is 5.92 Å². The van der Waals surface area contributed by atoms with Crippen molar-refractivity contribution in [3.05, 3.63) is 0 Å². The van der Waals surface area contributed by atoms with Crippen LogP contribution in [0.3, 0.4) is 0 Å². The van der Waals surface area contributed by atoms with Crippen LogP contribution in [0.1, 0.15) is 26.2 Å². The van der Waals surface area contributed by atoms with Gasteiger partial charge in [-0.1, -0.05) is 6.92 Å². The number of amides is 2. The lowest BCUT2D eigenvalue weighted by molar-refractivity contribution is 0.204. The van der Waals surface area contributed by atoms with Gasteiger partial charge in [0, 0.05) is 13.1 Å². The maximum atomic E-state index is 11.3. The van der Waals surface area contributed by atoms with Gasteiger partial charge in [0.1, 0.15) is 0 Å². The predicted molar refractivity (Wildman–Crippen MR) is 46.9 cm³/mol. The van der Waals surface area contributed by atoms with Gasteiger partial charge in [0.05, 0.1) is 6.04 Å². The fraction of sp³-hybridized carbons (Fsp3) is 0.889. The normalized spacial score (nSPS) is 35.8. The molecule has 0 aromatic heterocycles. The van der Waals surface area contributed by atoms with Gasteiger partial charge in [0.15, 0.2) is 0 Å². The molecule has 2 saturated heterocycles. The topological polar surface area (TPSA) is 32.3 Å². The van der Waals surface area contributed by atoms with E-state index in [2.05, 4.69) is 12.2 Å². The van der Waals surface area contributed by atoms with Crippen LogP contribution in [0, 0.1) is 5.92 Å². The highest BCUT2D eigenvalue weighted by Gasteiger charge is 2.32. The van der Waals surface area contributed by atoms with Gasteiger partial charge in [-0.15, -0.1) is 0 Å². The summed E-state index contributed by atoms with van der Waals surface area (Å²) in [6.45, 7) is 4.11. The van der Waals surface area contributed by atoms with Crippen LogP contribution in [0.15, 0.2) is 0 Å². The Hall–Kier alpha value is -0.730. The van der Waals surface area contributed by atoms with Gasteiger partial charge >= 0.3 is 6.03 Å². The molecule has 2 fully saturated rings. The summed E-state index contributed by atoms with van der Waals surface area (Å²) in [4.78, 5) is 13.3. The average molecular weight is 168 g/mol. The van der Waals surface area contributed by atoms with Crippen LogP contribution in [-0.2, 0) is 0 Å². The van der Waals surface area contributed by atoms with Crippen molar-refractivity contribution >= 4 is 6.03 Å². The Morgan fingerprint density at radius 1 is 1.58 bits per heavy atom. The number of rotatable bonds is 0. The average Bonchev–Trinajstić information content (AvgIpc) is 2.31. The number of nitrogens with zero attached hydrogens (tertiary/aromatic N) is 1. The van der Waals surface area contributed by atoms with Gasteiger partial charge in [-0.25, -0.2) is 4.79 Å². The molecule has 0 spiro atoms. The number of fused-ring (bicyclic) bond motifs is 1. The van der Waals surface area contributed by atoms with E-state index < -0.39 is 0 Å². The van der Waals surface area contributed by atoms with Crippen LogP contribution in [0.4, 0.5) is 4.79 Å². The molecule has 3 nitrogen and oxygen atoms in total. The van der Waals surface area contributed by atoms with E-state index >= 15 is 0 Å². The van der Waals surface area contributed by atoms with Crippen LogP contribution in [0.2, 0.25) is 0 Å². The number of carbonyl (C=O) groups excluding carboxylic acids is 1. The van der Waals surface area contributed by atoms with Crippen molar-refractivity contribution in [3.8, 4) is 0 Å². The van der Waals surface area contributed by atoms with Crippen molar-refractivity contribution in [2.75, 3.05) is 13.1 Å². The van der Waals surface area contributed by atoms with Gasteiger partial charge in [0.25, 0.3) is 0 Å². The van der Waals surface area contributed by atoms with Crippen molar-refractivity contribution in [2.45, 2.75) is 32.2 Å². The first kappa shape index (κ1) is 7.90. The van der Waals surface area contributed by atoms with E-state index in [1.165, 1.54) is 19.3 Å². The first-order chi connectivity index (χ1) is 5.77. The monoisotopic (exact) mass is 168 g/mol. The second-order valence-corrected chi connectivity index (χ2v) is 4.02. The van der Waals surface area contributed by atoms with Gasteiger partial charge in [-0.3, -0.25) is 0 Å². The fourth-order valence-corrected chi connectivity index (χ4v) is 2.27. The lowest BCUT2D eigenvalue weighted by Gasteiger charge is -2.20. The Morgan fingerprint density at radius 2 is 2.42 bits per heavy atom. The van der Waals surface area contributed by atoms with E-state index in [0.717, 1.165) is 19.0 Å². The lowest BCUT2D eigenvalue weighted by Crippen LogP contribution is -2.33. The summed E-state index contributed by atoms with van der Waals surface area (Å²) in [6.07, 6.45) is 3.63. The van der Waals surface area contributed by atoms with Gasteiger partial charge < -0.3 is 10.2 Å². The molecular weight excluding hydrogens is 152 g/mol. The molecule has 1 N–H and O–H groups in total. The van der Waals surface area contributed by atoms with Crippen molar-refractivity contribution in [1.29, 1.82) is 0 Å². The second kappa shape index (κ2) is 2.96. The Labute approximate surface area is 73.1 Å². The van der Waals surface area contributed by atoms with E-state index in [-0.39, 0.29) is 6.03 Å². The van der Waals surface area contributed by atoms with Crippen molar-refractivity contribution < 1.29 is 4.79 Å². The minimum Gasteiger partial charge on any atom is -0.336 e. The van der Waals surface area contributed by atoms with Crippen LogP contribution < -0.4 is 5.32 Å². The summed E-state index contributed by atoms with van der Waals surface area (Å²) < 4.78 is 0. The molecule has 2 rings (SSSR count). The third-order valence-corrected chi connectivity index (χ3v) is 2.96. The first-order valence-electron chi connectivity index (χ1n) is 4.82. The second-order valence-electron chi connectivity index (χ2n) is 4.02. The standard InChI is InChI=1S/C9H16N2O/c1-7-3-2-4-11-8(5-7)6-10-9(11)12/h7-8H,2-6H2,1H3,(H,10,12). The van der Waals surface area contributed by atoms with Gasteiger partial charge in [-0.2, -0.15) is 0 Å². The molecule has 0 bridgehead atoms. The minimum atomic E-state index is 0.147. The zero-order valence-corrected chi connectivity index (χ0v) is 7.55. The molecule has 2 atom stereocenters. The molecular formula is C9H16N2O. The minimum absolute atomic E-state index is 0.147. The summed E-state index contributed by atoms with van der Waals surface area (Å²) >= 11 is 0. The number of carbonyl (C=O) groups is 1. The quantitative estimate of drug-likeness (QED) is 0.579. The number of hydrogen-bond acceptors (Lipinski definition) is 1. The van der Waals surface area contributed by atoms with E-state index in [9.17, 15) is 4.79 Å². The van der Waals surface area contributed by atoms with Crippen LogP contribution in [-0.4, -0.2) is 30.1 Å². The van der Waals surface area contributed by atoms with Crippen molar-refractivity contribution in [1.82, 2.24) is 10.2 Å². The number of nitrogens with one attached hydrogen (secondary N) is 1. The Kier molecular flexibility index (Phi) is 1.95. The third-order valence-electron chi connectivity index (χ3n) is 2.96. The summed E-state index contributed by atoms with van der Waals surface area (Å²) in [5.74, 6) is 0.785. The first-order valence-corrected chi connectivity index (χ1v) is 4.82. The predicted octanol–water partition coefficient (Wildman–Crippen LogP) is 1.20. The van der Waals surface area contributed by atoms with E-state index in [1.54, 1.807) is 0 Å². The molecule has 0 aromatic rings. The molecule has 2 aliphatic heterocycles. The summed E-state index contributed by atoms with van der Waals surface area (Å²) in [5.41, 5.74) is 0. The molecule has 2 heterocycles. The smallest absolute Gasteiger partial charge is 0.317 e. The fourth-order valence-electron chi connectivity index (χ4n) is 2.27. The van der Waals surface area contributed by atoms with Crippen LogP contribution in [0.5, 0.6) is 0 Å². The maximum Gasteiger partial charge on any atom is 0.317 e. The van der Waals surface area contributed by atoms with Crippen molar-refractivity contribution in [3.63, 3.8) is 0 Å². The van der Waals surface area contributed by atoms with E-state index in [1.807, 2.05) is 4.90 Å². The highest BCUT2D eigenvalue weighted by atomic mass is 16.2. The molecule has 12 heavy (non-hydrogen) atoms. The molecule has 2 amide bonds. The maximum absolute atomic E-state index is 11.3. The molecule has 0 aromatic carbocycles. The number of urea groups is 1. The highest BCUT2D eigenvalue weighted by molar-refractivity contribution is 5.76. The Balaban J connectivity index is 2.07. The summed E-state index contributed by atoms with van der Waals surface area (Å²) in [5, 5.41) is 2.90. The van der Waals surface area contributed by atoms with Crippen LogP contribution in [0.25, 0.3) is 0 Å². The van der Waals surface area contributed by atoms with Crippen LogP contribution >= 0.6 is 0 Å². The molecule has 3 heteroatoms. The number of hydrogen-bond donors (Lipinski definition) is 1. The highest BCUT2D eigenvalue weighted by Crippen LogP contribution is 2.23. The largest absolute Gasteiger partial charge is 0.336 e. The lowest BCUT2D eigenvalue weighted by atomic mass is 9.99. The molecule has 2 aliphatic rings. The molecule has 0 aliphatic carbocycles. The van der Waals surface area contributed by atoms with E-state index in [4.69, 9.17) is 0 Å². The SMILES string of the molecule is CC1CCCN2C(=O)NCC2C1. The molecule has 0 saturated carbocycles. The summed E-state index contributed by atoms with van der Waals surface area (Å²) in [7, 11) is 0. The van der Waals surface area contributed by atoms with E-state index in [0.29, 0.717) is 6.04 Å². The Bertz CT molecular complexity index is 193. The Morgan fingerprint density at radius 3 is 3.25 bits per heavy atom. The van der Waals surface area contributed by atoms with Gasteiger partial charge in [0.2, 0.25) is 0 Å². The zero-order chi connectivity index (χ0) is 8.55. The third kappa shape index (κ3) is 1.28.